The summed E-state index contributed by atoms with van der Waals surface area (Å²) >= 11 is 0. The molecule has 0 saturated carbocycles. The van der Waals surface area contributed by atoms with Crippen molar-refractivity contribution in [3.8, 4) is 0 Å². The van der Waals surface area contributed by atoms with Gasteiger partial charge in [0.25, 0.3) is 0 Å². The first kappa shape index (κ1) is 34.2. The Bertz CT molecular complexity index is 1740. The molecule has 6 aromatic rings. The maximum atomic E-state index is 12.9. The smallest absolute Gasteiger partial charge is 0.793 e. The van der Waals surface area contributed by atoms with Crippen molar-refractivity contribution in [1.29, 1.82) is 0 Å². The van der Waals surface area contributed by atoms with Crippen LogP contribution in [0.4, 0.5) is 0 Å². The second-order valence-electron chi connectivity index (χ2n) is 10.4. The summed E-state index contributed by atoms with van der Waals surface area (Å²) in [6.07, 6.45) is 1.21. The van der Waals surface area contributed by atoms with E-state index in [2.05, 4.69) is 0 Å². The Morgan fingerprint density at radius 2 is 0.644 bits per heavy atom. The molecule has 0 saturated heterocycles. The van der Waals surface area contributed by atoms with Gasteiger partial charge in [0.2, 0.25) is 0 Å². The molecular weight excluding hydrogens is 775 g/mol. The van der Waals surface area contributed by atoms with Gasteiger partial charge in [-0.2, -0.15) is 0 Å². The molecule has 45 heavy (non-hydrogen) atoms. The summed E-state index contributed by atoms with van der Waals surface area (Å²) in [7, 11) is -7.64. The summed E-state index contributed by atoms with van der Waals surface area (Å²) in [5.41, 5.74) is 3.86. The summed E-state index contributed by atoms with van der Waals surface area (Å²) in [5, 5.41) is 1.53. The Morgan fingerprint density at radius 1 is 0.378 bits per heavy atom. The van der Waals surface area contributed by atoms with Gasteiger partial charge in [0.15, 0.2) is 0 Å². The molecule has 0 aliphatic carbocycles. The van der Waals surface area contributed by atoms with E-state index in [1.54, 1.807) is 72.8 Å². The minimum atomic E-state index is -3.82. The second kappa shape index (κ2) is 16.1. The van der Waals surface area contributed by atoms with Gasteiger partial charge in [-0.1, -0.05) is 170 Å². The quantitative estimate of drug-likeness (QED) is 0.184. The van der Waals surface area contributed by atoms with Crippen molar-refractivity contribution in [2.45, 2.75) is 12.8 Å². The number of rotatable bonds is 8. The summed E-state index contributed by atoms with van der Waals surface area (Å²) in [6, 6.07) is 51.5. The Morgan fingerprint density at radius 3 is 0.978 bits per heavy atom. The molecule has 0 aliphatic heterocycles. The van der Waals surface area contributed by atoms with Gasteiger partial charge in [-0.15, -0.1) is 0 Å². The van der Waals surface area contributed by atoms with Crippen LogP contribution in [0.2, 0.25) is 0 Å². The van der Waals surface area contributed by atoms with Gasteiger partial charge in [0.1, 0.15) is 0 Å². The molecule has 0 bridgehead atoms. The predicted molar refractivity (Wildman–Crippen MR) is 178 cm³/mol. The third-order valence-corrected chi connectivity index (χ3v) is 11.4. The standard InChI is InChI=1S/2C19H17O2P.Ir/c2*20-22(21,18-12-5-2-6-13-18)19-14-8-7-11-17(19)15-16-9-3-1-4-10-16;/h2*1-14H,15H2,(H,20,21);/q;;+2/p-2. The van der Waals surface area contributed by atoms with Crippen LogP contribution in [0.1, 0.15) is 22.3 Å². The van der Waals surface area contributed by atoms with E-state index in [0.717, 1.165) is 22.3 Å². The molecule has 0 fully saturated rings. The fraction of sp³-hybridized carbons (Fsp3) is 0.0526. The van der Waals surface area contributed by atoms with Crippen molar-refractivity contribution in [1.82, 2.24) is 0 Å². The van der Waals surface area contributed by atoms with E-state index in [4.69, 9.17) is 0 Å². The van der Waals surface area contributed by atoms with Gasteiger partial charge in [0, 0.05) is 21.2 Å². The van der Waals surface area contributed by atoms with E-state index < -0.39 is 14.7 Å². The van der Waals surface area contributed by atoms with E-state index in [9.17, 15) is 18.9 Å². The van der Waals surface area contributed by atoms with Gasteiger partial charge in [-0.3, -0.25) is 0 Å². The molecule has 1 radical (unpaired) electrons. The molecule has 7 heteroatoms. The molecule has 6 aromatic carbocycles. The molecule has 2 atom stereocenters. The van der Waals surface area contributed by atoms with Gasteiger partial charge >= 0.3 is 20.1 Å². The Kier molecular flexibility index (Phi) is 12.2. The maximum absolute atomic E-state index is 12.9. The Hall–Kier alpha value is -3.65. The SMILES string of the molecule is O=P([O-])(c1ccccc1)c1ccccc1Cc1ccccc1.O=P([O-])(c1ccccc1)c1ccccc1Cc1ccccc1.[Ir+2]. The topological polar surface area (TPSA) is 80.3 Å². The van der Waals surface area contributed by atoms with E-state index >= 15 is 0 Å². The Labute approximate surface area is 278 Å². The zero-order valence-corrected chi connectivity index (χ0v) is 28.6. The molecule has 0 N–H and O–H groups in total. The van der Waals surface area contributed by atoms with Gasteiger partial charge in [0.05, 0.1) is 14.7 Å². The minimum absolute atomic E-state index is 0. The maximum Gasteiger partial charge on any atom is 2.00 e. The first-order chi connectivity index (χ1) is 21.4. The van der Waals surface area contributed by atoms with Crippen LogP contribution >= 0.6 is 14.7 Å². The average Bonchev–Trinajstić information content (AvgIpc) is 3.07. The van der Waals surface area contributed by atoms with Gasteiger partial charge in [-0.05, 0) is 35.1 Å². The van der Waals surface area contributed by atoms with Crippen molar-refractivity contribution in [3.63, 3.8) is 0 Å². The molecule has 6 rings (SSSR count). The zero-order chi connectivity index (χ0) is 30.8. The molecular formula is C38H32IrO4P2. The molecule has 2 unspecified atom stereocenters. The fourth-order valence-electron chi connectivity index (χ4n) is 5.05. The summed E-state index contributed by atoms with van der Waals surface area (Å²) in [6.45, 7) is 0. The molecule has 0 amide bonds. The van der Waals surface area contributed by atoms with Crippen molar-refractivity contribution in [2.24, 2.45) is 0 Å². The number of hydrogen-bond acceptors (Lipinski definition) is 4. The summed E-state index contributed by atoms with van der Waals surface area (Å²) in [4.78, 5) is 25.7. The van der Waals surface area contributed by atoms with Crippen LogP contribution in [0.3, 0.4) is 0 Å². The molecule has 4 nitrogen and oxygen atoms in total. The van der Waals surface area contributed by atoms with Crippen molar-refractivity contribution in [3.05, 3.63) is 192 Å². The summed E-state index contributed by atoms with van der Waals surface area (Å²) < 4.78 is 25.7. The van der Waals surface area contributed by atoms with Crippen molar-refractivity contribution >= 4 is 36.0 Å². The molecule has 0 spiro atoms. The van der Waals surface area contributed by atoms with Crippen LogP contribution < -0.4 is 31.0 Å². The van der Waals surface area contributed by atoms with Crippen LogP contribution in [0.15, 0.2) is 170 Å². The Balaban J connectivity index is 0.000000200. The third kappa shape index (κ3) is 8.75. The van der Waals surface area contributed by atoms with Crippen LogP contribution in [0, 0.1) is 0 Å². The molecule has 0 aromatic heterocycles. The number of benzene rings is 6. The second-order valence-corrected chi connectivity index (χ2v) is 14.6. The zero-order valence-electron chi connectivity index (χ0n) is 24.4. The number of hydrogen-bond donors (Lipinski definition) is 0. The van der Waals surface area contributed by atoms with Crippen LogP contribution in [0.25, 0.3) is 0 Å². The average molecular weight is 807 g/mol. The van der Waals surface area contributed by atoms with E-state index in [1.165, 1.54) is 0 Å². The third-order valence-electron chi connectivity index (χ3n) is 7.28. The van der Waals surface area contributed by atoms with Crippen LogP contribution in [-0.2, 0) is 42.1 Å². The van der Waals surface area contributed by atoms with Crippen LogP contribution in [-0.4, -0.2) is 0 Å². The largest absolute Gasteiger partial charge is 2.00 e. The first-order valence-corrected chi connectivity index (χ1v) is 17.6. The summed E-state index contributed by atoms with van der Waals surface area (Å²) in [5.74, 6) is 0. The molecule has 0 heterocycles. The monoisotopic (exact) mass is 807 g/mol. The van der Waals surface area contributed by atoms with Gasteiger partial charge in [-0.25, -0.2) is 0 Å². The van der Waals surface area contributed by atoms with Crippen LogP contribution in [0.5, 0.6) is 0 Å². The molecule has 0 aliphatic rings. The minimum Gasteiger partial charge on any atom is -0.793 e. The van der Waals surface area contributed by atoms with E-state index in [-0.39, 0.29) is 20.1 Å². The first-order valence-electron chi connectivity index (χ1n) is 14.3. The van der Waals surface area contributed by atoms with Crippen molar-refractivity contribution < 1.29 is 39.0 Å². The predicted octanol–water partition coefficient (Wildman–Crippen LogP) is 5.73. The van der Waals surface area contributed by atoms with Crippen molar-refractivity contribution in [2.75, 3.05) is 0 Å². The normalized spacial score (nSPS) is 13.2. The fourth-order valence-corrected chi connectivity index (χ4v) is 8.37. The van der Waals surface area contributed by atoms with Gasteiger partial charge < -0.3 is 18.9 Å². The van der Waals surface area contributed by atoms with E-state index in [0.29, 0.717) is 34.1 Å². The van der Waals surface area contributed by atoms with E-state index in [1.807, 2.05) is 97.1 Å². The molecule has 227 valence electrons.